The Morgan fingerprint density at radius 3 is 2.62 bits per heavy atom. The molecule has 4 rings (SSSR count). The van der Waals surface area contributed by atoms with Crippen molar-refractivity contribution in [2.75, 3.05) is 13.1 Å². The molecule has 3 aliphatic rings. The van der Waals surface area contributed by atoms with Crippen LogP contribution in [0.4, 0.5) is 4.79 Å². The lowest BCUT2D eigenvalue weighted by Gasteiger charge is -2.35. The van der Waals surface area contributed by atoms with Crippen LogP contribution in [0.25, 0.3) is 0 Å². The van der Waals surface area contributed by atoms with Gasteiger partial charge < -0.3 is 19.6 Å². The number of benzene rings is 1. The van der Waals surface area contributed by atoms with Gasteiger partial charge in [0.05, 0.1) is 18.8 Å². The summed E-state index contributed by atoms with van der Waals surface area (Å²) < 4.78 is 11.3. The number of piperidine rings is 1. The third kappa shape index (κ3) is 6.49. The minimum atomic E-state index is -0.717. The van der Waals surface area contributed by atoms with E-state index in [1.165, 1.54) is 0 Å². The summed E-state index contributed by atoms with van der Waals surface area (Å²) in [5.74, 6) is -0.190. The lowest BCUT2D eigenvalue weighted by Crippen LogP contribution is -2.45. The predicted octanol–water partition coefficient (Wildman–Crippen LogP) is 3.36. The average Bonchev–Trinajstić information content (AvgIpc) is 3.41. The number of nitrogens with one attached hydrogen (secondary N) is 2. The molecule has 1 spiro atoms. The van der Waals surface area contributed by atoms with Crippen molar-refractivity contribution in [2.45, 2.75) is 82.8 Å². The van der Waals surface area contributed by atoms with Gasteiger partial charge in [-0.05, 0) is 64.5 Å². The van der Waals surface area contributed by atoms with Crippen molar-refractivity contribution >= 4 is 12.1 Å². The van der Waals surface area contributed by atoms with E-state index in [4.69, 9.17) is 19.1 Å². The Kier molecular flexibility index (Phi) is 7.45. The van der Waals surface area contributed by atoms with Crippen LogP contribution in [0.2, 0.25) is 0 Å². The molecule has 2 aliphatic heterocycles. The van der Waals surface area contributed by atoms with Crippen LogP contribution in [0, 0.1) is 0 Å². The van der Waals surface area contributed by atoms with Crippen LogP contribution >= 0.6 is 0 Å². The van der Waals surface area contributed by atoms with Gasteiger partial charge in [-0.3, -0.25) is 15.1 Å². The molecule has 1 saturated heterocycles. The number of nitrogens with zero attached hydrogens (tertiary/aromatic N) is 1. The average molecular weight is 474 g/mol. The smallest absolute Gasteiger partial charge is 0.427 e. The second-order valence-corrected chi connectivity index (χ2v) is 10.2. The summed E-state index contributed by atoms with van der Waals surface area (Å²) in [5.41, 5.74) is 3.14. The van der Waals surface area contributed by atoms with Crippen molar-refractivity contribution in [1.82, 2.24) is 15.9 Å². The molecule has 1 aromatic rings. The molecule has 1 amide bonds. The fraction of sp³-hybridized carbons (Fsp3) is 0.600. The number of hydrogen-bond acceptors (Lipinski definition) is 8. The van der Waals surface area contributed by atoms with E-state index in [2.05, 4.69) is 10.8 Å². The summed E-state index contributed by atoms with van der Waals surface area (Å²) >= 11 is 0. The topological polar surface area (TPSA) is 98.4 Å². The Balaban J connectivity index is 1.25. The summed E-state index contributed by atoms with van der Waals surface area (Å²) in [4.78, 5) is 35.9. The molecular formula is C25H35N3O6. The Hall–Kier alpha value is -2.62. The molecular weight excluding hydrogens is 438 g/mol. The van der Waals surface area contributed by atoms with Crippen molar-refractivity contribution in [2.24, 2.45) is 0 Å². The summed E-state index contributed by atoms with van der Waals surface area (Å²) in [7, 11) is 0. The van der Waals surface area contributed by atoms with E-state index in [0.717, 1.165) is 24.8 Å². The normalized spacial score (nSPS) is 24.4. The Bertz CT molecular complexity index is 890. The zero-order valence-corrected chi connectivity index (χ0v) is 20.2. The molecule has 34 heavy (non-hydrogen) atoms. The first kappa shape index (κ1) is 24.5. The largest absolute Gasteiger partial charge is 0.528 e. The van der Waals surface area contributed by atoms with E-state index in [9.17, 15) is 9.59 Å². The van der Waals surface area contributed by atoms with E-state index in [1.807, 2.05) is 36.4 Å². The summed E-state index contributed by atoms with van der Waals surface area (Å²) in [6.07, 6.45) is 5.11. The number of amides is 1. The van der Waals surface area contributed by atoms with Crippen molar-refractivity contribution < 1.29 is 28.7 Å². The minimum absolute atomic E-state index is 0.00530. The summed E-state index contributed by atoms with van der Waals surface area (Å²) in [6.45, 7) is 6.86. The van der Waals surface area contributed by atoms with Crippen LogP contribution in [0.15, 0.2) is 42.1 Å². The van der Waals surface area contributed by atoms with Gasteiger partial charge in [-0.1, -0.05) is 30.3 Å². The van der Waals surface area contributed by atoms with Gasteiger partial charge >= 0.3 is 6.16 Å². The highest BCUT2D eigenvalue weighted by Crippen LogP contribution is 2.32. The number of carbonyl (C=O) groups excluding carboxylic acids is 2. The lowest BCUT2D eigenvalue weighted by atomic mass is 9.91. The molecule has 9 heteroatoms. The van der Waals surface area contributed by atoms with Crippen LogP contribution < -0.4 is 10.8 Å². The van der Waals surface area contributed by atoms with Gasteiger partial charge in [0.25, 0.3) is 5.91 Å². The van der Waals surface area contributed by atoms with Crippen molar-refractivity contribution in [1.29, 1.82) is 0 Å². The molecule has 186 valence electrons. The maximum atomic E-state index is 12.9. The van der Waals surface area contributed by atoms with E-state index in [1.54, 1.807) is 25.8 Å². The fourth-order valence-corrected chi connectivity index (χ4v) is 4.48. The zero-order chi connectivity index (χ0) is 24.2. The fourth-order valence-electron chi connectivity index (χ4n) is 4.48. The Morgan fingerprint density at radius 2 is 1.91 bits per heavy atom. The van der Waals surface area contributed by atoms with Gasteiger partial charge in [-0.25, -0.2) is 4.79 Å². The monoisotopic (exact) mass is 473 g/mol. The van der Waals surface area contributed by atoms with Gasteiger partial charge in [0.15, 0.2) is 0 Å². The minimum Gasteiger partial charge on any atom is -0.427 e. The molecule has 9 nitrogen and oxygen atoms in total. The SMILES string of the molecule is CC(C)(C)OC(=O)ON1CCC2(C=C(C(=O)NC3CCC[C@H]3OCc3ccccc3)NO2)CC1. The molecule has 0 bridgehead atoms. The second-order valence-electron chi connectivity index (χ2n) is 10.2. The maximum absolute atomic E-state index is 12.9. The number of hydrogen-bond donors (Lipinski definition) is 2. The Labute approximate surface area is 200 Å². The van der Waals surface area contributed by atoms with E-state index < -0.39 is 17.4 Å². The van der Waals surface area contributed by atoms with Gasteiger partial charge in [-0.2, -0.15) is 0 Å². The standard InChI is InChI=1S/C25H35N3O6/c1-24(2,3)32-23(30)33-28-14-12-25(13-15-28)16-20(27-34-25)22(29)26-19-10-7-11-21(19)31-17-18-8-5-4-6-9-18/h4-6,8-9,16,19,21,27H,7,10-15,17H2,1-3H3,(H,26,29)/t19?,21-/m1/s1. The molecule has 0 aromatic heterocycles. The molecule has 1 saturated carbocycles. The third-order valence-electron chi connectivity index (χ3n) is 6.25. The maximum Gasteiger partial charge on any atom is 0.528 e. The highest BCUT2D eigenvalue weighted by atomic mass is 16.8. The number of carbonyl (C=O) groups is 2. The molecule has 2 atom stereocenters. The Morgan fingerprint density at radius 1 is 1.18 bits per heavy atom. The van der Waals surface area contributed by atoms with Crippen molar-refractivity contribution in [3.8, 4) is 0 Å². The highest BCUT2D eigenvalue weighted by molar-refractivity contribution is 5.93. The number of hydroxylamine groups is 3. The summed E-state index contributed by atoms with van der Waals surface area (Å²) in [5, 5.41) is 4.69. The second kappa shape index (κ2) is 10.3. The third-order valence-corrected chi connectivity index (χ3v) is 6.25. The first-order chi connectivity index (χ1) is 16.2. The number of rotatable bonds is 6. The van der Waals surface area contributed by atoms with Crippen molar-refractivity contribution in [3.05, 3.63) is 47.7 Å². The first-order valence-corrected chi connectivity index (χ1v) is 12.0. The summed E-state index contributed by atoms with van der Waals surface area (Å²) in [6, 6.07) is 10.0. The molecule has 1 unspecified atom stereocenters. The molecule has 2 N–H and O–H groups in total. The molecule has 1 aromatic carbocycles. The van der Waals surface area contributed by atoms with Gasteiger partial charge in [0.1, 0.15) is 16.9 Å². The lowest BCUT2D eigenvalue weighted by molar-refractivity contribution is -0.179. The molecule has 1 aliphatic carbocycles. The quantitative estimate of drug-likeness (QED) is 0.607. The van der Waals surface area contributed by atoms with Crippen molar-refractivity contribution in [3.63, 3.8) is 0 Å². The van der Waals surface area contributed by atoms with Crippen LogP contribution in [-0.4, -0.2) is 53.6 Å². The molecule has 0 radical (unpaired) electrons. The van der Waals surface area contributed by atoms with Gasteiger partial charge in [-0.15, -0.1) is 5.06 Å². The highest BCUT2D eigenvalue weighted by Gasteiger charge is 2.42. The van der Waals surface area contributed by atoms with E-state index >= 15 is 0 Å². The van der Waals surface area contributed by atoms with Crippen LogP contribution in [0.3, 0.4) is 0 Å². The predicted molar refractivity (Wildman–Crippen MR) is 124 cm³/mol. The van der Waals surface area contributed by atoms with Gasteiger partial charge in [0.2, 0.25) is 0 Å². The first-order valence-electron chi connectivity index (χ1n) is 12.0. The zero-order valence-electron chi connectivity index (χ0n) is 20.2. The van der Waals surface area contributed by atoms with Crippen LogP contribution in [-0.2, 0) is 30.6 Å². The molecule has 2 fully saturated rings. The van der Waals surface area contributed by atoms with Crippen LogP contribution in [0.5, 0.6) is 0 Å². The van der Waals surface area contributed by atoms with Crippen LogP contribution in [0.1, 0.15) is 58.4 Å². The van der Waals surface area contributed by atoms with Gasteiger partial charge in [0, 0.05) is 13.1 Å². The molecule has 2 heterocycles. The van der Waals surface area contributed by atoms with E-state index in [0.29, 0.717) is 38.2 Å². The number of ether oxygens (including phenoxy) is 2. The van der Waals surface area contributed by atoms with E-state index in [-0.39, 0.29) is 18.1 Å².